The van der Waals surface area contributed by atoms with Crippen LogP contribution in [-0.4, -0.2) is 22.8 Å². The Morgan fingerprint density at radius 1 is 1.08 bits per heavy atom. The van der Waals surface area contributed by atoms with Crippen molar-refractivity contribution in [3.05, 3.63) is 60.2 Å². The molecule has 2 aromatic carbocycles. The highest BCUT2D eigenvalue weighted by atomic mass is 32.2. The molecule has 0 aromatic heterocycles. The van der Waals surface area contributed by atoms with Gasteiger partial charge in [0.15, 0.2) is 0 Å². The van der Waals surface area contributed by atoms with Crippen molar-refractivity contribution in [1.82, 2.24) is 0 Å². The second-order valence-electron chi connectivity index (χ2n) is 6.74. The zero-order chi connectivity index (χ0) is 19.2. The molecule has 0 aliphatic rings. The van der Waals surface area contributed by atoms with Crippen molar-refractivity contribution in [2.75, 3.05) is 5.75 Å². The average Bonchev–Trinajstić information content (AvgIpc) is 2.62. The van der Waals surface area contributed by atoms with Crippen molar-refractivity contribution >= 4 is 23.7 Å². The van der Waals surface area contributed by atoms with Gasteiger partial charge in [-0.15, -0.1) is 11.8 Å². The summed E-state index contributed by atoms with van der Waals surface area (Å²) in [5.74, 6) is -0.422. The monoisotopic (exact) mass is 372 g/mol. The molecule has 1 atom stereocenters. The molecule has 2 aromatic rings. The van der Waals surface area contributed by atoms with Gasteiger partial charge < -0.3 is 9.84 Å². The number of carboxylic acids is 1. The molecule has 0 bridgehead atoms. The van der Waals surface area contributed by atoms with Crippen molar-refractivity contribution in [3.8, 4) is 5.75 Å². The summed E-state index contributed by atoms with van der Waals surface area (Å²) >= 11 is 1.47. The number of benzene rings is 2. The van der Waals surface area contributed by atoms with Gasteiger partial charge in [0.05, 0.1) is 11.3 Å². The normalized spacial score (nSPS) is 12.4. The molecular formula is C21H24O4S. The minimum absolute atomic E-state index is 0.272. The third-order valence-electron chi connectivity index (χ3n) is 4.12. The van der Waals surface area contributed by atoms with Gasteiger partial charge in [-0.05, 0) is 50.1 Å². The van der Waals surface area contributed by atoms with E-state index in [1.165, 1.54) is 11.8 Å². The standard InChI is InChI=1S/C21H24O4S/c1-4-18(15-8-6-5-7-9-15)19(22)25-16-10-12-17(13-11-16)26-14-21(2,3)20(23)24/h5-13,18H,4,14H2,1-3H3,(H,23,24). The number of carboxylic acid groups (broad SMARTS) is 1. The van der Waals surface area contributed by atoms with Crippen LogP contribution in [0.25, 0.3) is 0 Å². The first-order valence-electron chi connectivity index (χ1n) is 8.56. The second kappa shape index (κ2) is 8.90. The van der Waals surface area contributed by atoms with Crippen LogP contribution in [0.4, 0.5) is 0 Å². The highest BCUT2D eigenvalue weighted by Gasteiger charge is 2.27. The number of carbonyl (C=O) groups excluding carboxylic acids is 1. The smallest absolute Gasteiger partial charge is 0.318 e. The average molecular weight is 372 g/mol. The number of rotatable bonds is 8. The van der Waals surface area contributed by atoms with E-state index >= 15 is 0 Å². The maximum absolute atomic E-state index is 12.5. The van der Waals surface area contributed by atoms with Crippen molar-refractivity contribution in [1.29, 1.82) is 0 Å². The molecule has 0 radical (unpaired) electrons. The van der Waals surface area contributed by atoms with Crippen LogP contribution in [0.2, 0.25) is 0 Å². The highest BCUT2D eigenvalue weighted by molar-refractivity contribution is 7.99. The van der Waals surface area contributed by atoms with E-state index in [0.717, 1.165) is 10.5 Å². The topological polar surface area (TPSA) is 63.6 Å². The summed E-state index contributed by atoms with van der Waals surface area (Å²) in [6, 6.07) is 16.8. The largest absolute Gasteiger partial charge is 0.481 e. The summed E-state index contributed by atoms with van der Waals surface area (Å²) in [5.41, 5.74) is 0.155. The summed E-state index contributed by atoms with van der Waals surface area (Å²) in [6.45, 7) is 5.36. The Morgan fingerprint density at radius 2 is 1.69 bits per heavy atom. The third-order valence-corrected chi connectivity index (χ3v) is 5.59. The van der Waals surface area contributed by atoms with E-state index in [0.29, 0.717) is 17.9 Å². The Labute approximate surface area is 158 Å². The Morgan fingerprint density at radius 3 is 2.23 bits per heavy atom. The van der Waals surface area contributed by atoms with Crippen LogP contribution in [-0.2, 0) is 9.59 Å². The van der Waals surface area contributed by atoms with E-state index < -0.39 is 11.4 Å². The highest BCUT2D eigenvalue weighted by Crippen LogP contribution is 2.29. The SMILES string of the molecule is CCC(C(=O)Oc1ccc(SCC(C)(C)C(=O)O)cc1)c1ccccc1. The van der Waals surface area contributed by atoms with E-state index in [1.54, 1.807) is 26.0 Å². The fourth-order valence-corrected chi connectivity index (χ4v) is 3.32. The van der Waals surface area contributed by atoms with Gasteiger partial charge in [0.2, 0.25) is 0 Å². The number of hydrogen-bond donors (Lipinski definition) is 1. The van der Waals surface area contributed by atoms with E-state index in [4.69, 9.17) is 9.84 Å². The minimum atomic E-state index is -0.818. The molecule has 0 spiro atoms. The lowest BCUT2D eigenvalue weighted by atomic mass is 9.97. The van der Waals surface area contributed by atoms with Crippen molar-refractivity contribution in [2.24, 2.45) is 5.41 Å². The second-order valence-corrected chi connectivity index (χ2v) is 7.79. The van der Waals surface area contributed by atoms with Gasteiger partial charge in [-0.1, -0.05) is 37.3 Å². The molecule has 1 unspecified atom stereocenters. The lowest BCUT2D eigenvalue weighted by Crippen LogP contribution is -2.26. The lowest BCUT2D eigenvalue weighted by Gasteiger charge is -2.18. The molecule has 0 saturated heterocycles. The van der Waals surface area contributed by atoms with Crippen molar-refractivity contribution in [2.45, 2.75) is 38.0 Å². The molecule has 0 fully saturated rings. The van der Waals surface area contributed by atoms with Crippen LogP contribution in [0.3, 0.4) is 0 Å². The molecule has 5 heteroatoms. The van der Waals surface area contributed by atoms with Crippen molar-refractivity contribution < 1.29 is 19.4 Å². The molecule has 0 saturated carbocycles. The number of thioether (sulfide) groups is 1. The molecular weight excluding hydrogens is 348 g/mol. The summed E-state index contributed by atoms with van der Waals surface area (Å²) in [4.78, 5) is 24.6. The van der Waals surface area contributed by atoms with Crippen molar-refractivity contribution in [3.63, 3.8) is 0 Å². The Kier molecular flexibility index (Phi) is 6.86. The Balaban J connectivity index is 1.98. The predicted molar refractivity (Wildman–Crippen MR) is 104 cm³/mol. The first-order valence-corrected chi connectivity index (χ1v) is 9.55. The summed E-state index contributed by atoms with van der Waals surface area (Å²) in [5, 5.41) is 9.16. The zero-order valence-electron chi connectivity index (χ0n) is 15.3. The molecule has 0 heterocycles. The minimum Gasteiger partial charge on any atom is -0.481 e. The number of aliphatic carboxylic acids is 1. The predicted octanol–water partition coefficient (Wildman–Crippen LogP) is 4.99. The molecule has 4 nitrogen and oxygen atoms in total. The Bertz CT molecular complexity index is 738. The first-order chi connectivity index (χ1) is 12.3. The summed E-state index contributed by atoms with van der Waals surface area (Å²) in [7, 11) is 0. The van der Waals surface area contributed by atoms with Gasteiger partial charge in [0.1, 0.15) is 5.75 Å². The van der Waals surface area contributed by atoms with Crippen LogP contribution in [0.1, 0.15) is 38.7 Å². The number of hydrogen-bond acceptors (Lipinski definition) is 4. The molecule has 0 aliphatic heterocycles. The van der Waals surface area contributed by atoms with Crippen LogP contribution < -0.4 is 4.74 Å². The molecule has 0 amide bonds. The van der Waals surface area contributed by atoms with Crippen LogP contribution in [0.15, 0.2) is 59.5 Å². The molecule has 26 heavy (non-hydrogen) atoms. The first kappa shape index (κ1) is 20.0. The van der Waals surface area contributed by atoms with Crippen LogP contribution in [0.5, 0.6) is 5.75 Å². The molecule has 1 N–H and O–H groups in total. The van der Waals surface area contributed by atoms with Gasteiger partial charge in [0, 0.05) is 10.6 Å². The van der Waals surface area contributed by atoms with E-state index in [1.807, 2.05) is 49.4 Å². The van der Waals surface area contributed by atoms with Gasteiger partial charge in [-0.2, -0.15) is 0 Å². The van der Waals surface area contributed by atoms with Gasteiger partial charge in [-0.3, -0.25) is 9.59 Å². The molecule has 138 valence electrons. The van der Waals surface area contributed by atoms with E-state index in [2.05, 4.69) is 0 Å². The maximum atomic E-state index is 12.5. The van der Waals surface area contributed by atoms with E-state index in [9.17, 15) is 9.59 Å². The van der Waals surface area contributed by atoms with Crippen LogP contribution in [0, 0.1) is 5.41 Å². The number of ether oxygens (including phenoxy) is 1. The molecule has 2 rings (SSSR count). The van der Waals surface area contributed by atoms with E-state index in [-0.39, 0.29) is 11.9 Å². The van der Waals surface area contributed by atoms with Gasteiger partial charge in [0.25, 0.3) is 0 Å². The molecule has 0 aliphatic carbocycles. The number of carbonyl (C=O) groups is 2. The van der Waals surface area contributed by atoms with Gasteiger partial charge >= 0.3 is 11.9 Å². The quantitative estimate of drug-likeness (QED) is 0.402. The zero-order valence-corrected chi connectivity index (χ0v) is 16.1. The van der Waals surface area contributed by atoms with Crippen LogP contribution >= 0.6 is 11.8 Å². The summed E-state index contributed by atoms with van der Waals surface area (Å²) < 4.78 is 5.52. The third kappa shape index (κ3) is 5.36. The summed E-state index contributed by atoms with van der Waals surface area (Å²) in [6.07, 6.45) is 0.668. The fraction of sp³-hybridized carbons (Fsp3) is 0.333. The fourth-order valence-electron chi connectivity index (χ4n) is 2.34. The lowest BCUT2D eigenvalue weighted by molar-refractivity contribution is -0.145. The number of esters is 1. The van der Waals surface area contributed by atoms with Gasteiger partial charge in [-0.25, -0.2) is 0 Å². The Hall–Kier alpha value is -2.27. The maximum Gasteiger partial charge on any atom is 0.318 e.